The third kappa shape index (κ3) is 4.75. The molecule has 0 unspecified atom stereocenters. The van der Waals surface area contributed by atoms with Gasteiger partial charge < -0.3 is 20.3 Å². The van der Waals surface area contributed by atoms with Crippen molar-refractivity contribution in [3.63, 3.8) is 0 Å². The van der Waals surface area contributed by atoms with E-state index in [2.05, 4.69) is 51.6 Å². The molecule has 0 spiro atoms. The fraction of sp³-hybridized carbons (Fsp3) is 0.391. The van der Waals surface area contributed by atoms with Gasteiger partial charge in [0.25, 0.3) is 0 Å². The Hall–Kier alpha value is -2.84. The van der Waals surface area contributed by atoms with Gasteiger partial charge in [0.1, 0.15) is 0 Å². The van der Waals surface area contributed by atoms with Crippen LogP contribution >= 0.6 is 11.3 Å². The van der Waals surface area contributed by atoms with Crippen LogP contribution in [-0.4, -0.2) is 56.2 Å². The average molecular weight is 441 g/mol. The molecule has 0 aliphatic carbocycles. The van der Waals surface area contributed by atoms with Crippen LogP contribution in [0.5, 0.6) is 0 Å². The quantitative estimate of drug-likeness (QED) is 0.676. The Kier molecular flexibility index (Phi) is 6.58. The van der Waals surface area contributed by atoms with Crippen molar-refractivity contribution in [3.05, 3.63) is 63.5 Å². The van der Waals surface area contributed by atoms with Gasteiger partial charge in [0.05, 0.1) is 18.2 Å². The van der Waals surface area contributed by atoms with E-state index in [4.69, 9.17) is 4.74 Å². The SMILES string of the molecule is CCOC(=O)C1=C(CN2CCN(c3ccccc3C)CC2)NC(=O)N[C@@H]1c1cccs1. The number of carbonyl (C=O) groups is 2. The fourth-order valence-electron chi connectivity index (χ4n) is 4.15. The summed E-state index contributed by atoms with van der Waals surface area (Å²) in [7, 11) is 0. The number of aryl methyl sites for hydroxylation is 1. The van der Waals surface area contributed by atoms with E-state index in [-0.39, 0.29) is 18.6 Å². The van der Waals surface area contributed by atoms with Crippen molar-refractivity contribution in [2.24, 2.45) is 0 Å². The first kappa shape index (κ1) is 21.4. The normalized spacial score (nSPS) is 19.7. The summed E-state index contributed by atoms with van der Waals surface area (Å²) in [6.45, 7) is 8.20. The van der Waals surface area contributed by atoms with E-state index in [1.165, 1.54) is 22.6 Å². The minimum Gasteiger partial charge on any atom is -0.463 e. The minimum absolute atomic E-state index is 0.288. The van der Waals surface area contributed by atoms with Crippen molar-refractivity contribution in [2.45, 2.75) is 19.9 Å². The molecule has 3 heterocycles. The van der Waals surface area contributed by atoms with E-state index in [0.29, 0.717) is 17.8 Å². The molecule has 2 amide bonds. The molecule has 1 aromatic heterocycles. The second kappa shape index (κ2) is 9.53. The van der Waals surface area contributed by atoms with Crippen LogP contribution in [-0.2, 0) is 9.53 Å². The number of carbonyl (C=O) groups excluding carboxylic acids is 2. The van der Waals surface area contributed by atoms with Crippen LogP contribution in [0.3, 0.4) is 0 Å². The number of amides is 2. The molecule has 1 atom stereocenters. The molecule has 0 radical (unpaired) electrons. The van der Waals surface area contributed by atoms with E-state index < -0.39 is 6.04 Å². The standard InChI is InChI=1S/C23H28N4O3S/c1-3-30-22(28)20-17(24-23(29)25-21(20)19-9-6-14-31-19)15-26-10-12-27(13-11-26)18-8-5-4-7-16(18)2/h4-9,14,21H,3,10-13,15H2,1-2H3,(H2,24,25,29)/t21-/m1/s1. The molecule has 2 aliphatic rings. The molecule has 2 N–H and O–H groups in total. The van der Waals surface area contributed by atoms with Gasteiger partial charge in [-0.1, -0.05) is 24.3 Å². The Balaban J connectivity index is 1.53. The van der Waals surface area contributed by atoms with Gasteiger partial charge in [-0.2, -0.15) is 0 Å². The molecule has 7 nitrogen and oxygen atoms in total. The highest BCUT2D eigenvalue weighted by molar-refractivity contribution is 7.10. The van der Waals surface area contributed by atoms with Gasteiger partial charge in [-0.3, -0.25) is 4.90 Å². The second-order valence-corrected chi connectivity index (χ2v) is 8.69. The Morgan fingerprint density at radius 2 is 1.94 bits per heavy atom. The van der Waals surface area contributed by atoms with Gasteiger partial charge in [0.2, 0.25) is 0 Å². The largest absolute Gasteiger partial charge is 0.463 e. The molecule has 0 bridgehead atoms. The summed E-state index contributed by atoms with van der Waals surface area (Å²) in [5.41, 5.74) is 3.66. The van der Waals surface area contributed by atoms with Crippen LogP contribution in [0, 0.1) is 6.92 Å². The maximum Gasteiger partial charge on any atom is 0.338 e. The van der Waals surface area contributed by atoms with E-state index in [0.717, 1.165) is 31.1 Å². The van der Waals surface area contributed by atoms with Crippen molar-refractivity contribution in [3.8, 4) is 0 Å². The molecule has 1 aromatic carbocycles. The predicted molar refractivity (Wildman–Crippen MR) is 122 cm³/mol. The lowest BCUT2D eigenvalue weighted by Crippen LogP contribution is -2.51. The van der Waals surface area contributed by atoms with Crippen LogP contribution < -0.4 is 15.5 Å². The number of anilines is 1. The topological polar surface area (TPSA) is 73.9 Å². The highest BCUT2D eigenvalue weighted by Gasteiger charge is 2.35. The van der Waals surface area contributed by atoms with Gasteiger partial charge in [-0.25, -0.2) is 9.59 Å². The first-order chi connectivity index (χ1) is 15.1. The molecule has 2 aromatic rings. The van der Waals surface area contributed by atoms with Crippen LogP contribution in [0.15, 0.2) is 53.0 Å². The Labute approximate surface area is 186 Å². The smallest absolute Gasteiger partial charge is 0.338 e. The van der Waals surface area contributed by atoms with Crippen molar-refractivity contribution in [1.82, 2.24) is 15.5 Å². The number of piperazine rings is 1. The summed E-state index contributed by atoms with van der Waals surface area (Å²) in [5.74, 6) is -0.387. The first-order valence-corrected chi connectivity index (χ1v) is 11.5. The average Bonchev–Trinajstić information content (AvgIpc) is 3.29. The molecule has 1 fully saturated rings. The third-order valence-corrected chi connectivity index (χ3v) is 6.62. The number of hydrogen-bond donors (Lipinski definition) is 2. The van der Waals surface area contributed by atoms with Crippen LogP contribution in [0.4, 0.5) is 10.5 Å². The number of para-hydroxylation sites is 1. The highest BCUT2D eigenvalue weighted by atomic mass is 32.1. The number of rotatable bonds is 6. The zero-order valence-corrected chi connectivity index (χ0v) is 18.7. The van der Waals surface area contributed by atoms with E-state index >= 15 is 0 Å². The lowest BCUT2D eigenvalue weighted by atomic mass is 10.0. The molecule has 164 valence electrons. The van der Waals surface area contributed by atoms with Crippen molar-refractivity contribution in [1.29, 1.82) is 0 Å². The van der Waals surface area contributed by atoms with Gasteiger partial charge in [-0.15, -0.1) is 11.3 Å². The number of ether oxygens (including phenoxy) is 1. The summed E-state index contributed by atoms with van der Waals surface area (Å²) in [4.78, 5) is 30.8. The monoisotopic (exact) mass is 440 g/mol. The second-order valence-electron chi connectivity index (χ2n) is 7.71. The Morgan fingerprint density at radius 1 is 1.16 bits per heavy atom. The van der Waals surface area contributed by atoms with Crippen LogP contribution in [0.2, 0.25) is 0 Å². The fourth-order valence-corrected chi connectivity index (χ4v) is 4.93. The summed E-state index contributed by atoms with van der Waals surface area (Å²) in [5, 5.41) is 7.70. The van der Waals surface area contributed by atoms with Crippen molar-refractivity contribution < 1.29 is 14.3 Å². The maximum atomic E-state index is 12.8. The van der Waals surface area contributed by atoms with Gasteiger partial charge in [0.15, 0.2) is 0 Å². The van der Waals surface area contributed by atoms with Crippen LogP contribution in [0.25, 0.3) is 0 Å². The van der Waals surface area contributed by atoms with E-state index in [9.17, 15) is 9.59 Å². The van der Waals surface area contributed by atoms with Crippen molar-refractivity contribution >= 4 is 29.0 Å². The Morgan fingerprint density at radius 3 is 2.61 bits per heavy atom. The number of benzene rings is 1. The molecular weight excluding hydrogens is 412 g/mol. The molecule has 0 saturated carbocycles. The number of urea groups is 1. The van der Waals surface area contributed by atoms with E-state index in [1.807, 2.05) is 17.5 Å². The third-order valence-electron chi connectivity index (χ3n) is 5.69. The maximum absolute atomic E-state index is 12.8. The minimum atomic E-state index is -0.490. The lowest BCUT2D eigenvalue weighted by molar-refractivity contribution is -0.139. The molecule has 1 saturated heterocycles. The number of esters is 1. The zero-order chi connectivity index (χ0) is 21.8. The summed E-state index contributed by atoms with van der Waals surface area (Å²) in [6, 6.07) is 11.5. The number of nitrogens with zero attached hydrogens (tertiary/aromatic N) is 2. The molecule has 4 rings (SSSR count). The van der Waals surface area contributed by atoms with Crippen LogP contribution in [0.1, 0.15) is 23.4 Å². The van der Waals surface area contributed by atoms with Crippen molar-refractivity contribution in [2.75, 3.05) is 44.2 Å². The summed E-state index contributed by atoms with van der Waals surface area (Å²) in [6.07, 6.45) is 0. The highest BCUT2D eigenvalue weighted by Crippen LogP contribution is 2.31. The molecule has 31 heavy (non-hydrogen) atoms. The number of thiophene rings is 1. The zero-order valence-electron chi connectivity index (χ0n) is 17.9. The number of hydrogen-bond acceptors (Lipinski definition) is 6. The van der Waals surface area contributed by atoms with Gasteiger partial charge in [-0.05, 0) is 36.9 Å². The van der Waals surface area contributed by atoms with Gasteiger partial charge >= 0.3 is 12.0 Å². The molecule has 8 heteroatoms. The lowest BCUT2D eigenvalue weighted by Gasteiger charge is -2.38. The van der Waals surface area contributed by atoms with E-state index in [1.54, 1.807) is 6.92 Å². The molecule has 2 aliphatic heterocycles. The number of nitrogens with one attached hydrogen (secondary N) is 2. The van der Waals surface area contributed by atoms with Gasteiger partial charge in [0, 0.05) is 49.0 Å². The predicted octanol–water partition coefficient (Wildman–Crippen LogP) is 3.05. The Bertz CT molecular complexity index is 965. The summed E-state index contributed by atoms with van der Waals surface area (Å²) >= 11 is 1.51. The summed E-state index contributed by atoms with van der Waals surface area (Å²) < 4.78 is 5.34. The molecular formula is C23H28N4O3S. The first-order valence-electron chi connectivity index (χ1n) is 10.6.